The van der Waals surface area contributed by atoms with Crippen molar-refractivity contribution >= 4 is 5.97 Å². The van der Waals surface area contributed by atoms with E-state index in [2.05, 4.69) is 15.0 Å². The lowest BCUT2D eigenvalue weighted by molar-refractivity contribution is 0.0719. The van der Waals surface area contributed by atoms with Gasteiger partial charge in [0.15, 0.2) is 5.75 Å². The van der Waals surface area contributed by atoms with Crippen LogP contribution in [-0.2, 0) is 6.54 Å². The molecule has 0 spiro atoms. The predicted molar refractivity (Wildman–Crippen MR) is 84.3 cm³/mol. The zero-order valence-corrected chi connectivity index (χ0v) is 12.7. The van der Waals surface area contributed by atoms with Crippen LogP contribution in [0.15, 0.2) is 47.6 Å². The maximum Gasteiger partial charge on any atom is 0.344 e. The van der Waals surface area contributed by atoms with Crippen LogP contribution in [0.3, 0.4) is 0 Å². The van der Waals surface area contributed by atoms with Gasteiger partial charge in [-0.15, -0.1) is 0 Å². The number of aromatic nitrogens is 1. The lowest BCUT2D eigenvalue weighted by atomic mass is 10.2. The first-order valence-corrected chi connectivity index (χ1v) is 7.15. The van der Waals surface area contributed by atoms with Crippen molar-refractivity contribution in [3.05, 3.63) is 64.2 Å². The van der Waals surface area contributed by atoms with E-state index in [9.17, 15) is 4.79 Å². The summed E-state index contributed by atoms with van der Waals surface area (Å²) in [7, 11) is 0. The second-order valence-corrected chi connectivity index (χ2v) is 4.60. The number of nitrogens with zero attached hydrogens (tertiary/aromatic N) is 4. The Bertz CT molecular complexity index is 713. The number of azide groups is 1. The van der Waals surface area contributed by atoms with Crippen molar-refractivity contribution in [1.82, 2.24) is 4.98 Å². The summed E-state index contributed by atoms with van der Waals surface area (Å²) >= 11 is 0. The molecule has 0 radical (unpaired) electrons. The number of ether oxygens (including phenoxy) is 2. The monoisotopic (exact) mass is 312 g/mol. The number of esters is 1. The van der Waals surface area contributed by atoms with Crippen molar-refractivity contribution in [2.45, 2.75) is 19.9 Å². The van der Waals surface area contributed by atoms with E-state index >= 15 is 0 Å². The van der Waals surface area contributed by atoms with E-state index in [-0.39, 0.29) is 12.4 Å². The highest BCUT2D eigenvalue weighted by molar-refractivity contribution is 5.91. The third-order valence-electron chi connectivity index (χ3n) is 2.84. The minimum atomic E-state index is -0.527. The van der Waals surface area contributed by atoms with Gasteiger partial charge in [0.25, 0.3) is 5.88 Å². The van der Waals surface area contributed by atoms with Gasteiger partial charge in [0.2, 0.25) is 0 Å². The maximum absolute atomic E-state index is 12.2. The van der Waals surface area contributed by atoms with Gasteiger partial charge in [0, 0.05) is 4.91 Å². The summed E-state index contributed by atoms with van der Waals surface area (Å²) in [6.07, 6.45) is 0.812. The molecule has 0 atom stereocenters. The lowest BCUT2D eigenvalue weighted by Gasteiger charge is -2.11. The average molecular weight is 312 g/mol. The van der Waals surface area contributed by atoms with Gasteiger partial charge in [0.05, 0.1) is 24.4 Å². The zero-order valence-electron chi connectivity index (χ0n) is 12.7. The molecule has 0 saturated heterocycles. The van der Waals surface area contributed by atoms with Crippen LogP contribution in [0.1, 0.15) is 29.4 Å². The number of rotatable bonds is 7. The molecule has 0 unspecified atom stereocenters. The molecule has 0 N–H and O–H groups in total. The van der Waals surface area contributed by atoms with E-state index in [1.54, 1.807) is 36.4 Å². The Morgan fingerprint density at radius 3 is 2.74 bits per heavy atom. The second-order valence-electron chi connectivity index (χ2n) is 4.60. The first kappa shape index (κ1) is 16.3. The molecule has 23 heavy (non-hydrogen) atoms. The number of hydrogen-bond donors (Lipinski definition) is 0. The molecule has 1 aromatic heterocycles. The quantitative estimate of drug-likeness (QED) is 0.335. The van der Waals surface area contributed by atoms with E-state index < -0.39 is 5.97 Å². The van der Waals surface area contributed by atoms with Gasteiger partial charge in [-0.2, -0.15) is 0 Å². The third kappa shape index (κ3) is 4.72. The summed E-state index contributed by atoms with van der Waals surface area (Å²) in [6, 6.07) is 11.9. The van der Waals surface area contributed by atoms with Crippen molar-refractivity contribution < 1.29 is 14.3 Å². The van der Waals surface area contributed by atoms with Crippen LogP contribution in [0.4, 0.5) is 0 Å². The van der Waals surface area contributed by atoms with Crippen LogP contribution in [0.25, 0.3) is 10.4 Å². The van der Waals surface area contributed by atoms with Crippen LogP contribution in [0, 0.1) is 0 Å². The molecule has 1 aromatic carbocycles. The van der Waals surface area contributed by atoms with Crippen LogP contribution < -0.4 is 9.47 Å². The van der Waals surface area contributed by atoms with Crippen molar-refractivity contribution in [3.8, 4) is 11.6 Å². The molecule has 7 heteroatoms. The minimum absolute atomic E-state index is 0.0675. The molecule has 0 bridgehead atoms. The number of carbonyl (C=O) groups is 1. The highest BCUT2D eigenvalue weighted by Gasteiger charge is 2.14. The third-order valence-corrected chi connectivity index (χ3v) is 2.84. The van der Waals surface area contributed by atoms with Gasteiger partial charge < -0.3 is 9.47 Å². The number of hydrogen-bond acceptors (Lipinski definition) is 5. The van der Waals surface area contributed by atoms with Crippen LogP contribution in [-0.4, -0.2) is 17.6 Å². The Kier molecular flexibility index (Phi) is 5.97. The van der Waals surface area contributed by atoms with Crippen molar-refractivity contribution in [3.63, 3.8) is 0 Å². The standard InChI is InChI=1S/C16H16N4O3/c1-2-10-22-14-9-8-13(11-18-20-17)19-15(14)23-16(21)12-6-4-3-5-7-12/h3-9H,2,10-11H2,1H3. The first-order valence-electron chi connectivity index (χ1n) is 7.15. The highest BCUT2D eigenvalue weighted by Crippen LogP contribution is 2.26. The summed E-state index contributed by atoms with van der Waals surface area (Å²) in [6.45, 7) is 2.52. The van der Waals surface area contributed by atoms with E-state index in [1.165, 1.54) is 0 Å². The number of carbonyl (C=O) groups excluding carboxylic acids is 1. The van der Waals surface area contributed by atoms with Gasteiger partial charge in [-0.25, -0.2) is 9.78 Å². The van der Waals surface area contributed by atoms with Gasteiger partial charge in [-0.05, 0) is 36.2 Å². The molecule has 0 aliphatic carbocycles. The fourth-order valence-electron chi connectivity index (χ4n) is 1.77. The Morgan fingerprint density at radius 1 is 1.26 bits per heavy atom. The van der Waals surface area contributed by atoms with E-state index in [1.807, 2.05) is 13.0 Å². The lowest BCUT2D eigenvalue weighted by Crippen LogP contribution is -2.11. The summed E-state index contributed by atoms with van der Waals surface area (Å²) in [5, 5.41) is 3.45. The predicted octanol–water partition coefficient (Wildman–Crippen LogP) is 3.90. The fourth-order valence-corrected chi connectivity index (χ4v) is 1.77. The molecule has 0 amide bonds. The second kappa shape index (κ2) is 8.41. The maximum atomic E-state index is 12.2. The first-order chi connectivity index (χ1) is 11.2. The molecule has 2 rings (SSSR count). The van der Waals surface area contributed by atoms with Crippen molar-refractivity contribution in [2.75, 3.05) is 6.61 Å². The Balaban J connectivity index is 2.24. The summed E-state index contributed by atoms with van der Waals surface area (Å²) in [4.78, 5) is 19.0. The van der Waals surface area contributed by atoms with E-state index in [4.69, 9.17) is 15.0 Å². The molecule has 0 fully saturated rings. The highest BCUT2D eigenvalue weighted by atomic mass is 16.6. The van der Waals surface area contributed by atoms with Crippen molar-refractivity contribution in [1.29, 1.82) is 0 Å². The van der Waals surface area contributed by atoms with E-state index in [0.717, 1.165) is 6.42 Å². The molecular weight excluding hydrogens is 296 g/mol. The smallest absolute Gasteiger partial charge is 0.344 e. The summed E-state index contributed by atoms with van der Waals surface area (Å²) in [5.41, 5.74) is 9.28. The SMILES string of the molecule is CCCOc1ccc(CN=[N+]=[N-])nc1OC(=O)c1ccccc1. The normalized spacial score (nSPS) is 9.78. The molecule has 1 heterocycles. The number of pyridine rings is 1. The Labute approximate surface area is 133 Å². The topological polar surface area (TPSA) is 97.2 Å². The molecule has 7 nitrogen and oxygen atoms in total. The van der Waals surface area contributed by atoms with E-state index in [0.29, 0.717) is 23.6 Å². The average Bonchev–Trinajstić information content (AvgIpc) is 2.60. The molecular formula is C16H16N4O3. The van der Waals surface area contributed by atoms with Gasteiger partial charge in [0.1, 0.15) is 0 Å². The molecule has 0 saturated carbocycles. The Morgan fingerprint density at radius 2 is 2.04 bits per heavy atom. The van der Waals surface area contributed by atoms with Crippen molar-refractivity contribution in [2.24, 2.45) is 5.11 Å². The van der Waals surface area contributed by atoms with Gasteiger partial charge in [-0.3, -0.25) is 0 Å². The van der Waals surface area contributed by atoms with Crippen LogP contribution in [0.5, 0.6) is 11.6 Å². The zero-order chi connectivity index (χ0) is 16.5. The fraction of sp³-hybridized carbons (Fsp3) is 0.250. The summed E-state index contributed by atoms with van der Waals surface area (Å²) < 4.78 is 10.9. The van der Waals surface area contributed by atoms with Crippen LogP contribution in [0.2, 0.25) is 0 Å². The molecule has 0 aliphatic rings. The van der Waals surface area contributed by atoms with Gasteiger partial charge in [-0.1, -0.05) is 30.2 Å². The van der Waals surface area contributed by atoms with Crippen LogP contribution >= 0.6 is 0 Å². The molecule has 0 aliphatic heterocycles. The molecule has 118 valence electrons. The largest absolute Gasteiger partial charge is 0.488 e. The number of benzene rings is 1. The summed E-state index contributed by atoms with van der Waals surface area (Å²) in [5.74, 6) is -0.0841. The minimum Gasteiger partial charge on any atom is -0.488 e. The molecule has 2 aromatic rings. The Hall–Kier alpha value is -3.05. The van der Waals surface area contributed by atoms with Gasteiger partial charge >= 0.3 is 5.97 Å².